The van der Waals surface area contributed by atoms with Crippen molar-refractivity contribution in [3.05, 3.63) is 28.7 Å². The minimum absolute atomic E-state index is 0.0292. The Balaban J connectivity index is 1.55. The molecule has 8 heteroatoms. The molecular weight excluding hydrogens is 360 g/mol. The van der Waals surface area contributed by atoms with Crippen LogP contribution in [0.25, 0.3) is 0 Å². The van der Waals surface area contributed by atoms with Crippen LogP contribution in [0.4, 0.5) is 10.9 Å². The minimum Gasteiger partial charge on any atom is -0.333 e. The van der Waals surface area contributed by atoms with Gasteiger partial charge in [0.25, 0.3) is 0 Å². The van der Waals surface area contributed by atoms with Crippen molar-refractivity contribution >= 4 is 28.2 Å². The number of hydrogen-bond donors (Lipinski definition) is 2. The molecule has 0 aliphatic carbocycles. The molecule has 2 saturated heterocycles. The number of aromatic nitrogens is 3. The Kier molecular flexibility index (Phi) is 5.36. The zero-order valence-electron chi connectivity index (χ0n) is 15.9. The van der Waals surface area contributed by atoms with Crippen molar-refractivity contribution in [3.8, 4) is 0 Å². The smallest absolute Gasteiger partial charge is 0.240 e. The topological polar surface area (TPSA) is 83.0 Å². The monoisotopic (exact) mass is 386 g/mol. The van der Waals surface area contributed by atoms with Crippen LogP contribution in [0.15, 0.2) is 12.3 Å². The number of nitrogens with one attached hydrogen (secondary N) is 2. The highest BCUT2D eigenvalue weighted by Crippen LogP contribution is 2.33. The van der Waals surface area contributed by atoms with Gasteiger partial charge in [0, 0.05) is 23.7 Å². The molecule has 0 bridgehead atoms. The first-order valence-electron chi connectivity index (χ1n) is 9.69. The van der Waals surface area contributed by atoms with Crippen molar-refractivity contribution in [3.63, 3.8) is 0 Å². The first kappa shape index (κ1) is 18.3. The number of amides is 1. The molecule has 144 valence electrons. The first-order valence-corrected chi connectivity index (χ1v) is 10.5. The fourth-order valence-corrected chi connectivity index (χ4v) is 4.62. The molecule has 0 radical (unpaired) electrons. The molecule has 4 heterocycles. The highest BCUT2D eigenvalue weighted by molar-refractivity contribution is 7.15. The summed E-state index contributed by atoms with van der Waals surface area (Å²) in [5.74, 6) is 1.67. The van der Waals surface area contributed by atoms with Crippen LogP contribution < -0.4 is 10.6 Å². The number of aryl methyl sites for hydroxylation is 2. The Morgan fingerprint density at radius 2 is 2.15 bits per heavy atom. The van der Waals surface area contributed by atoms with Gasteiger partial charge in [0.1, 0.15) is 11.6 Å². The van der Waals surface area contributed by atoms with Crippen molar-refractivity contribution in [1.82, 2.24) is 25.2 Å². The van der Waals surface area contributed by atoms with E-state index in [4.69, 9.17) is 0 Å². The summed E-state index contributed by atoms with van der Waals surface area (Å²) in [5, 5.41) is 7.48. The molecule has 2 N–H and O–H groups in total. The van der Waals surface area contributed by atoms with E-state index >= 15 is 0 Å². The SMILES string of the molecule is Cc1nc(Nc2ncc(C)s2)cc(C2CCCN2C(=O)C2CCCCN2)n1. The van der Waals surface area contributed by atoms with Crippen LogP contribution in [-0.4, -0.2) is 44.9 Å². The van der Waals surface area contributed by atoms with E-state index in [1.165, 1.54) is 0 Å². The summed E-state index contributed by atoms with van der Waals surface area (Å²) in [6.45, 7) is 5.66. The molecule has 2 unspecified atom stereocenters. The summed E-state index contributed by atoms with van der Waals surface area (Å²) in [7, 11) is 0. The van der Waals surface area contributed by atoms with E-state index in [1.807, 2.05) is 31.0 Å². The summed E-state index contributed by atoms with van der Waals surface area (Å²) < 4.78 is 0. The lowest BCUT2D eigenvalue weighted by Gasteiger charge is -2.31. The minimum atomic E-state index is -0.0434. The third kappa shape index (κ3) is 4.11. The number of carbonyl (C=O) groups is 1. The van der Waals surface area contributed by atoms with Crippen LogP contribution in [0.5, 0.6) is 0 Å². The lowest BCUT2D eigenvalue weighted by Crippen LogP contribution is -2.48. The van der Waals surface area contributed by atoms with E-state index in [9.17, 15) is 4.79 Å². The van der Waals surface area contributed by atoms with Gasteiger partial charge in [0.2, 0.25) is 5.91 Å². The Morgan fingerprint density at radius 3 is 2.89 bits per heavy atom. The van der Waals surface area contributed by atoms with Gasteiger partial charge in [-0.2, -0.15) is 0 Å². The molecule has 7 nitrogen and oxygen atoms in total. The first-order chi connectivity index (χ1) is 13.1. The van der Waals surface area contributed by atoms with E-state index in [2.05, 4.69) is 25.6 Å². The Hall–Kier alpha value is -2.06. The second-order valence-corrected chi connectivity index (χ2v) is 8.55. The van der Waals surface area contributed by atoms with Gasteiger partial charge in [0.05, 0.1) is 17.8 Å². The molecule has 27 heavy (non-hydrogen) atoms. The molecule has 0 saturated carbocycles. The number of anilines is 2. The number of piperidine rings is 1. The van der Waals surface area contributed by atoms with Crippen LogP contribution in [0.3, 0.4) is 0 Å². The van der Waals surface area contributed by atoms with Crippen molar-refractivity contribution in [2.75, 3.05) is 18.4 Å². The number of nitrogens with zero attached hydrogens (tertiary/aromatic N) is 4. The zero-order chi connectivity index (χ0) is 18.8. The number of carbonyl (C=O) groups excluding carboxylic acids is 1. The van der Waals surface area contributed by atoms with Crippen LogP contribution in [0, 0.1) is 13.8 Å². The number of hydrogen-bond acceptors (Lipinski definition) is 7. The fourth-order valence-electron chi connectivity index (χ4n) is 3.95. The number of thiazole rings is 1. The number of likely N-dealkylation sites (tertiary alicyclic amines) is 1. The normalized spacial score (nSPS) is 22.8. The van der Waals surface area contributed by atoms with Crippen LogP contribution in [0.1, 0.15) is 54.5 Å². The Bertz CT molecular complexity index is 816. The quantitative estimate of drug-likeness (QED) is 0.840. The van der Waals surface area contributed by atoms with E-state index in [-0.39, 0.29) is 18.0 Å². The molecule has 4 rings (SSSR count). The number of rotatable bonds is 4. The zero-order valence-corrected chi connectivity index (χ0v) is 16.7. The lowest BCUT2D eigenvalue weighted by atomic mass is 10.0. The van der Waals surface area contributed by atoms with E-state index < -0.39 is 0 Å². The fraction of sp³-hybridized carbons (Fsp3) is 0.579. The van der Waals surface area contributed by atoms with Gasteiger partial charge in [-0.05, 0) is 46.1 Å². The van der Waals surface area contributed by atoms with E-state index in [0.29, 0.717) is 5.82 Å². The summed E-state index contributed by atoms with van der Waals surface area (Å²) in [5.41, 5.74) is 0.917. The average molecular weight is 387 g/mol. The molecule has 0 aromatic carbocycles. The van der Waals surface area contributed by atoms with Crippen molar-refractivity contribution in [2.45, 2.75) is 58.0 Å². The molecule has 2 atom stereocenters. The average Bonchev–Trinajstić information content (AvgIpc) is 3.30. The molecule has 2 fully saturated rings. The summed E-state index contributed by atoms with van der Waals surface area (Å²) in [4.78, 5) is 29.7. The van der Waals surface area contributed by atoms with Crippen molar-refractivity contribution in [1.29, 1.82) is 0 Å². The second-order valence-electron chi connectivity index (χ2n) is 7.32. The van der Waals surface area contributed by atoms with E-state index in [0.717, 1.165) is 66.7 Å². The third-order valence-corrected chi connectivity index (χ3v) is 6.03. The summed E-state index contributed by atoms with van der Waals surface area (Å²) >= 11 is 1.60. The third-order valence-electron chi connectivity index (χ3n) is 5.20. The van der Waals surface area contributed by atoms with Crippen molar-refractivity contribution < 1.29 is 4.79 Å². The molecule has 2 aliphatic heterocycles. The maximum Gasteiger partial charge on any atom is 0.240 e. The Morgan fingerprint density at radius 1 is 1.26 bits per heavy atom. The van der Waals surface area contributed by atoms with E-state index in [1.54, 1.807) is 11.3 Å². The summed E-state index contributed by atoms with van der Waals surface area (Å²) in [6, 6.07) is 1.95. The second kappa shape index (κ2) is 7.90. The van der Waals surface area contributed by atoms with Crippen LogP contribution >= 0.6 is 11.3 Å². The Labute approximate surface area is 163 Å². The lowest BCUT2D eigenvalue weighted by molar-refractivity contribution is -0.135. The molecular formula is C19H26N6OS. The van der Waals surface area contributed by atoms with Gasteiger partial charge in [-0.15, -0.1) is 11.3 Å². The maximum atomic E-state index is 13.0. The molecule has 0 spiro atoms. The summed E-state index contributed by atoms with van der Waals surface area (Å²) in [6.07, 6.45) is 7.02. The van der Waals surface area contributed by atoms with Gasteiger partial charge in [-0.1, -0.05) is 6.42 Å². The van der Waals surface area contributed by atoms with Crippen molar-refractivity contribution in [2.24, 2.45) is 0 Å². The highest BCUT2D eigenvalue weighted by atomic mass is 32.1. The van der Waals surface area contributed by atoms with Gasteiger partial charge in [-0.3, -0.25) is 4.79 Å². The van der Waals surface area contributed by atoms with Crippen LogP contribution in [0.2, 0.25) is 0 Å². The van der Waals surface area contributed by atoms with Gasteiger partial charge in [0.15, 0.2) is 5.13 Å². The van der Waals surface area contributed by atoms with Gasteiger partial charge in [-0.25, -0.2) is 15.0 Å². The van der Waals surface area contributed by atoms with Gasteiger partial charge < -0.3 is 15.5 Å². The van der Waals surface area contributed by atoms with Gasteiger partial charge >= 0.3 is 0 Å². The van der Waals surface area contributed by atoms with Crippen LogP contribution in [-0.2, 0) is 4.79 Å². The molecule has 1 amide bonds. The predicted octanol–water partition coefficient (Wildman–Crippen LogP) is 3.10. The highest BCUT2D eigenvalue weighted by Gasteiger charge is 2.35. The standard InChI is InChI=1S/C19H26N6OS/c1-12-11-21-19(27-12)24-17-10-15(22-13(2)23-17)16-7-5-9-25(16)18(26)14-6-3-4-8-20-14/h10-11,14,16,20H,3-9H2,1-2H3,(H,21,22,23,24). The molecule has 2 aliphatic rings. The maximum absolute atomic E-state index is 13.0. The molecule has 2 aromatic rings. The molecule has 2 aromatic heterocycles. The predicted molar refractivity (Wildman–Crippen MR) is 106 cm³/mol. The largest absolute Gasteiger partial charge is 0.333 e.